The van der Waals surface area contributed by atoms with Crippen LogP contribution < -0.4 is 21.2 Å². The molecule has 0 spiro atoms. The third-order valence-electron chi connectivity index (χ3n) is 5.14. The summed E-state index contributed by atoms with van der Waals surface area (Å²) < 4.78 is 0. The molecule has 0 aromatic heterocycles. The Morgan fingerprint density at radius 3 is 1.31 bits per heavy atom. The molecule has 0 radical (unpaired) electrons. The van der Waals surface area contributed by atoms with E-state index in [-0.39, 0.29) is 15.8 Å². The summed E-state index contributed by atoms with van der Waals surface area (Å²) in [5, 5.41) is 15.5. The molecule has 0 amide bonds. The van der Waals surface area contributed by atoms with Gasteiger partial charge in [-0.15, -0.1) is 0 Å². The Hall–Kier alpha value is -2.02. The second-order valence-electron chi connectivity index (χ2n) is 6.73. The van der Waals surface area contributed by atoms with E-state index in [0.29, 0.717) is 5.02 Å². The maximum atomic E-state index is 10.6. The Kier molecular flexibility index (Phi) is 5.86. The summed E-state index contributed by atoms with van der Waals surface area (Å²) in [5.41, 5.74) is 0. The van der Waals surface area contributed by atoms with Gasteiger partial charge in [-0.2, -0.15) is 0 Å². The molecule has 4 aromatic rings. The van der Waals surface area contributed by atoms with Crippen LogP contribution >= 0.6 is 42.1 Å². The van der Waals surface area contributed by atoms with Crippen molar-refractivity contribution in [2.75, 3.05) is 0 Å². The van der Waals surface area contributed by atoms with E-state index in [4.69, 9.17) is 34.8 Å². The quantitative estimate of drug-likeness (QED) is 0.388. The average Bonchev–Trinajstić information content (AvgIpc) is 2.77. The molecule has 0 saturated carbocycles. The summed E-state index contributed by atoms with van der Waals surface area (Å²) >= 11 is 19.7. The molecule has 1 nitrogen and oxygen atoms in total. The van der Waals surface area contributed by atoms with Crippen molar-refractivity contribution in [2.24, 2.45) is 0 Å². The molecule has 146 valence electrons. The molecular weight excluding hydrogens is 442 g/mol. The van der Waals surface area contributed by atoms with E-state index in [0.717, 1.165) is 21.2 Å². The van der Waals surface area contributed by atoms with Crippen molar-refractivity contribution in [1.82, 2.24) is 0 Å². The summed E-state index contributed by atoms with van der Waals surface area (Å²) in [6.07, 6.45) is 0. The Morgan fingerprint density at radius 1 is 0.552 bits per heavy atom. The first-order chi connectivity index (χ1) is 14.1. The molecule has 0 atom stereocenters. The summed E-state index contributed by atoms with van der Waals surface area (Å²) in [7, 11) is -2.93. The fourth-order valence-corrected chi connectivity index (χ4v) is 10.4. The van der Waals surface area contributed by atoms with Crippen LogP contribution in [0.2, 0.25) is 15.1 Å². The Bertz CT molecular complexity index is 1040. The van der Waals surface area contributed by atoms with Crippen molar-refractivity contribution < 1.29 is 5.11 Å². The molecule has 4 aromatic carbocycles. The van der Waals surface area contributed by atoms with Gasteiger partial charge < -0.3 is 0 Å². The molecule has 29 heavy (non-hydrogen) atoms. The maximum absolute atomic E-state index is 10.6. The zero-order valence-corrected chi connectivity index (χ0v) is 18.6. The zero-order chi connectivity index (χ0) is 20.4. The molecule has 0 saturated heterocycles. The molecular formula is C24H18Cl3OP. The second kappa shape index (κ2) is 8.38. The number of hydrogen-bond acceptors (Lipinski definition) is 1. The van der Waals surface area contributed by atoms with Crippen molar-refractivity contribution in [3.8, 4) is 5.75 Å². The van der Waals surface area contributed by atoms with Crippen LogP contribution in [0, 0.1) is 0 Å². The molecule has 0 fully saturated rings. The topological polar surface area (TPSA) is 20.2 Å². The van der Waals surface area contributed by atoms with Crippen LogP contribution in [-0.4, -0.2) is 5.11 Å². The minimum atomic E-state index is -2.93. The first-order valence-electron chi connectivity index (χ1n) is 9.10. The van der Waals surface area contributed by atoms with Crippen LogP contribution in [0.15, 0.2) is 97.1 Å². The number of hydrogen-bond donors (Lipinski definition) is 1. The van der Waals surface area contributed by atoms with Gasteiger partial charge in [0.25, 0.3) is 0 Å². The summed E-state index contributed by atoms with van der Waals surface area (Å²) in [6.45, 7) is 0. The van der Waals surface area contributed by atoms with Gasteiger partial charge in [0.15, 0.2) is 0 Å². The normalized spacial score (nSPS) is 12.0. The Labute approximate surface area is 185 Å². The van der Waals surface area contributed by atoms with Crippen molar-refractivity contribution in [1.29, 1.82) is 0 Å². The zero-order valence-electron chi connectivity index (χ0n) is 15.3. The fraction of sp³-hybridized carbons (Fsp3) is 0. The number of halogens is 3. The summed E-state index contributed by atoms with van der Waals surface area (Å²) in [5.74, 6) is -0.146. The van der Waals surface area contributed by atoms with Crippen molar-refractivity contribution in [3.05, 3.63) is 112 Å². The van der Waals surface area contributed by atoms with E-state index in [1.54, 1.807) is 6.07 Å². The molecule has 5 heteroatoms. The van der Waals surface area contributed by atoms with Crippen molar-refractivity contribution in [3.63, 3.8) is 0 Å². The van der Waals surface area contributed by atoms with Gasteiger partial charge >= 0.3 is 186 Å². The van der Waals surface area contributed by atoms with Crippen LogP contribution in [-0.2, 0) is 0 Å². The van der Waals surface area contributed by atoms with Gasteiger partial charge in [-0.05, 0) is 0 Å². The Morgan fingerprint density at radius 2 is 0.931 bits per heavy atom. The molecule has 0 aliphatic heterocycles. The number of phenols is 1. The van der Waals surface area contributed by atoms with Crippen LogP contribution in [0.4, 0.5) is 0 Å². The third-order valence-corrected chi connectivity index (χ3v) is 11.3. The SMILES string of the molecule is Oc1c(Cl)cc(Cl)c([PH](c2ccccc2)(c2ccccc2)c2ccccc2)c1Cl. The van der Waals surface area contributed by atoms with E-state index in [1.165, 1.54) is 0 Å². The first kappa shape index (κ1) is 20.3. The van der Waals surface area contributed by atoms with Crippen LogP contribution in [0.1, 0.15) is 0 Å². The molecule has 0 aliphatic rings. The number of aromatic hydroxyl groups is 1. The van der Waals surface area contributed by atoms with Gasteiger partial charge in [0.1, 0.15) is 0 Å². The van der Waals surface area contributed by atoms with E-state index in [1.807, 2.05) is 54.6 Å². The predicted octanol–water partition coefficient (Wildman–Crippen LogP) is 5.70. The first-order valence-corrected chi connectivity index (χ1v) is 12.2. The van der Waals surface area contributed by atoms with Crippen molar-refractivity contribution >= 4 is 63.3 Å². The molecule has 0 heterocycles. The van der Waals surface area contributed by atoms with Gasteiger partial charge in [-0.25, -0.2) is 0 Å². The van der Waals surface area contributed by atoms with Gasteiger partial charge in [0.05, 0.1) is 0 Å². The Balaban J connectivity index is 2.24. The van der Waals surface area contributed by atoms with Crippen LogP contribution in [0.5, 0.6) is 5.75 Å². The van der Waals surface area contributed by atoms with Gasteiger partial charge in [0.2, 0.25) is 0 Å². The van der Waals surface area contributed by atoms with Gasteiger partial charge in [0, 0.05) is 0 Å². The molecule has 4 rings (SSSR count). The third kappa shape index (κ3) is 3.43. The number of benzene rings is 4. The minimum absolute atomic E-state index is 0.140. The van der Waals surface area contributed by atoms with Gasteiger partial charge in [-0.3, -0.25) is 0 Å². The van der Waals surface area contributed by atoms with Crippen LogP contribution in [0.3, 0.4) is 0 Å². The number of rotatable bonds is 4. The molecule has 0 bridgehead atoms. The number of phenolic OH excluding ortho intramolecular Hbond substituents is 1. The van der Waals surface area contributed by atoms with Crippen LogP contribution in [0.25, 0.3) is 0 Å². The van der Waals surface area contributed by atoms with E-state index in [9.17, 15) is 5.11 Å². The summed E-state index contributed by atoms with van der Waals surface area (Å²) in [4.78, 5) is 0. The molecule has 0 aliphatic carbocycles. The van der Waals surface area contributed by atoms with E-state index >= 15 is 0 Å². The second-order valence-corrected chi connectivity index (χ2v) is 11.7. The monoisotopic (exact) mass is 458 g/mol. The van der Waals surface area contributed by atoms with E-state index < -0.39 is 7.26 Å². The standard InChI is InChI=1S/C24H18Cl3OP/c25-20-16-21(26)24(22(27)23(20)28)29(17-10-4-1-5-11-17,18-12-6-2-7-13-18)19-14-8-3-9-15-19/h1-16,28-29H. The predicted molar refractivity (Wildman–Crippen MR) is 129 cm³/mol. The summed E-state index contributed by atoms with van der Waals surface area (Å²) in [6, 6.07) is 32.2. The molecule has 0 unspecified atom stereocenters. The average molecular weight is 460 g/mol. The molecule has 1 N–H and O–H groups in total. The fourth-order valence-electron chi connectivity index (χ4n) is 3.92. The van der Waals surface area contributed by atoms with Crippen molar-refractivity contribution in [2.45, 2.75) is 0 Å². The van der Waals surface area contributed by atoms with Gasteiger partial charge in [-0.1, -0.05) is 0 Å². The van der Waals surface area contributed by atoms with E-state index in [2.05, 4.69) is 36.4 Å².